The molecule has 98 valence electrons. The summed E-state index contributed by atoms with van der Waals surface area (Å²) in [6, 6.07) is 2.70. The monoisotopic (exact) mass is 258 g/mol. The minimum Gasteiger partial charge on any atom is -0.479 e. The number of carboxylic acids is 1. The van der Waals surface area contributed by atoms with E-state index >= 15 is 0 Å². The Morgan fingerprint density at radius 2 is 2.28 bits per heavy atom. The van der Waals surface area contributed by atoms with Crippen LogP contribution in [0.4, 0.5) is 10.1 Å². The van der Waals surface area contributed by atoms with E-state index in [2.05, 4.69) is 0 Å². The lowest BCUT2D eigenvalue weighted by molar-refractivity contribution is -0.385. The van der Waals surface area contributed by atoms with Gasteiger partial charge in [0.15, 0.2) is 17.7 Å². The summed E-state index contributed by atoms with van der Waals surface area (Å²) < 4.78 is 18.3. The van der Waals surface area contributed by atoms with Gasteiger partial charge in [-0.15, -0.1) is 0 Å². The third kappa shape index (κ3) is 3.39. The zero-order chi connectivity index (χ0) is 13.7. The molecule has 8 heteroatoms. The fourth-order valence-electron chi connectivity index (χ4n) is 1.24. The lowest BCUT2D eigenvalue weighted by Crippen LogP contribution is -2.29. The first-order valence-electron chi connectivity index (χ1n) is 4.99. The first-order valence-corrected chi connectivity index (χ1v) is 4.99. The summed E-state index contributed by atoms with van der Waals surface area (Å²) in [5.41, 5.74) is 4.76. The van der Waals surface area contributed by atoms with Gasteiger partial charge in [-0.05, 0) is 12.6 Å². The molecule has 18 heavy (non-hydrogen) atoms. The summed E-state index contributed by atoms with van der Waals surface area (Å²) in [4.78, 5) is 20.4. The van der Waals surface area contributed by atoms with E-state index in [0.717, 1.165) is 12.1 Å². The van der Waals surface area contributed by atoms with E-state index in [1.54, 1.807) is 0 Å². The number of nitro benzene ring substituents is 1. The summed E-state index contributed by atoms with van der Waals surface area (Å²) in [7, 11) is 0. The number of non-ortho nitro benzene ring substituents is 1. The molecule has 0 amide bonds. The van der Waals surface area contributed by atoms with E-state index in [-0.39, 0.29) is 18.7 Å². The van der Waals surface area contributed by atoms with Crippen LogP contribution >= 0.6 is 0 Å². The number of nitrogens with two attached hydrogens (primary N) is 1. The largest absolute Gasteiger partial charge is 0.479 e. The molecule has 0 saturated carbocycles. The number of rotatable bonds is 6. The van der Waals surface area contributed by atoms with E-state index in [4.69, 9.17) is 15.6 Å². The minimum atomic E-state index is -1.29. The molecule has 1 aromatic carbocycles. The fourth-order valence-corrected chi connectivity index (χ4v) is 1.24. The zero-order valence-electron chi connectivity index (χ0n) is 9.21. The van der Waals surface area contributed by atoms with E-state index < -0.39 is 28.5 Å². The second-order valence-electron chi connectivity index (χ2n) is 3.39. The molecule has 0 aromatic heterocycles. The van der Waals surface area contributed by atoms with E-state index in [1.807, 2.05) is 0 Å². The van der Waals surface area contributed by atoms with Crippen molar-refractivity contribution in [2.24, 2.45) is 5.73 Å². The summed E-state index contributed by atoms with van der Waals surface area (Å²) >= 11 is 0. The van der Waals surface area contributed by atoms with Gasteiger partial charge in [0.05, 0.1) is 11.0 Å². The highest BCUT2D eigenvalue weighted by molar-refractivity contribution is 5.72. The number of carboxylic acid groups (broad SMARTS) is 1. The molecule has 1 aromatic rings. The van der Waals surface area contributed by atoms with Gasteiger partial charge >= 0.3 is 5.97 Å². The molecular formula is C10H11FN2O5. The summed E-state index contributed by atoms with van der Waals surface area (Å²) in [6.07, 6.45) is -1.28. The van der Waals surface area contributed by atoms with Gasteiger partial charge in [-0.3, -0.25) is 10.1 Å². The predicted octanol–water partition coefficient (Wildman–Crippen LogP) is 0.915. The normalized spacial score (nSPS) is 11.9. The van der Waals surface area contributed by atoms with Crippen molar-refractivity contribution >= 4 is 11.7 Å². The van der Waals surface area contributed by atoms with Crippen LogP contribution in [0.5, 0.6) is 5.75 Å². The number of halogens is 1. The molecule has 7 nitrogen and oxygen atoms in total. The Labute approximate surface area is 101 Å². The Morgan fingerprint density at radius 3 is 2.72 bits per heavy atom. The Kier molecular flexibility index (Phi) is 4.55. The minimum absolute atomic E-state index is 0.00572. The number of benzene rings is 1. The molecule has 3 N–H and O–H groups in total. The average molecular weight is 258 g/mol. The maximum absolute atomic E-state index is 13.4. The summed E-state index contributed by atoms with van der Waals surface area (Å²) in [6.45, 7) is 0.0611. The number of aliphatic carboxylic acids is 1. The fraction of sp³-hybridized carbons (Fsp3) is 0.300. The molecule has 0 aliphatic carbocycles. The first-order chi connectivity index (χ1) is 8.45. The second-order valence-corrected chi connectivity index (χ2v) is 3.39. The van der Waals surface area contributed by atoms with Crippen molar-refractivity contribution in [3.8, 4) is 5.75 Å². The van der Waals surface area contributed by atoms with Gasteiger partial charge in [-0.1, -0.05) is 0 Å². The topological polar surface area (TPSA) is 116 Å². The maximum atomic E-state index is 13.4. The number of hydrogen-bond acceptors (Lipinski definition) is 5. The van der Waals surface area contributed by atoms with Crippen LogP contribution < -0.4 is 10.5 Å². The average Bonchev–Trinajstić information content (AvgIpc) is 2.30. The molecule has 0 saturated heterocycles. The van der Waals surface area contributed by atoms with Crippen molar-refractivity contribution in [1.29, 1.82) is 0 Å². The van der Waals surface area contributed by atoms with Gasteiger partial charge in [-0.2, -0.15) is 0 Å². The Morgan fingerprint density at radius 1 is 1.61 bits per heavy atom. The molecule has 0 radical (unpaired) electrons. The van der Waals surface area contributed by atoms with Gasteiger partial charge in [-0.25, -0.2) is 9.18 Å². The molecule has 0 fully saturated rings. The molecule has 1 unspecified atom stereocenters. The highest BCUT2D eigenvalue weighted by Crippen LogP contribution is 2.23. The van der Waals surface area contributed by atoms with Crippen LogP contribution in [0.3, 0.4) is 0 Å². The van der Waals surface area contributed by atoms with Crippen LogP contribution in [0.15, 0.2) is 18.2 Å². The Hall–Kier alpha value is -2.22. The predicted molar refractivity (Wildman–Crippen MR) is 58.8 cm³/mol. The van der Waals surface area contributed by atoms with Gasteiger partial charge in [0.25, 0.3) is 5.69 Å². The van der Waals surface area contributed by atoms with E-state index in [9.17, 15) is 19.3 Å². The Bertz CT molecular complexity index is 466. The third-order valence-electron chi connectivity index (χ3n) is 2.10. The number of carbonyl (C=O) groups is 1. The van der Waals surface area contributed by atoms with Crippen molar-refractivity contribution < 1.29 is 24.0 Å². The molecule has 0 aliphatic heterocycles. The SMILES string of the molecule is NCCC(Oc1ccc([N+](=O)[O-])cc1F)C(=O)O. The second kappa shape index (κ2) is 5.92. The van der Waals surface area contributed by atoms with Crippen LogP contribution in [0, 0.1) is 15.9 Å². The van der Waals surface area contributed by atoms with Gasteiger partial charge in [0.2, 0.25) is 0 Å². The third-order valence-corrected chi connectivity index (χ3v) is 2.10. The quantitative estimate of drug-likeness (QED) is 0.578. The molecule has 0 bridgehead atoms. The van der Waals surface area contributed by atoms with Crippen LogP contribution in [0.2, 0.25) is 0 Å². The van der Waals surface area contributed by atoms with Gasteiger partial charge < -0.3 is 15.6 Å². The van der Waals surface area contributed by atoms with Crippen LogP contribution in [0.1, 0.15) is 6.42 Å². The molecule has 1 atom stereocenters. The van der Waals surface area contributed by atoms with Crippen molar-refractivity contribution in [3.63, 3.8) is 0 Å². The smallest absolute Gasteiger partial charge is 0.344 e. The molecule has 1 rings (SSSR count). The molecule has 0 spiro atoms. The number of ether oxygens (including phenoxy) is 1. The van der Waals surface area contributed by atoms with Crippen molar-refractivity contribution in [2.45, 2.75) is 12.5 Å². The van der Waals surface area contributed by atoms with Crippen LogP contribution in [-0.2, 0) is 4.79 Å². The molecule has 0 aliphatic rings. The molecular weight excluding hydrogens is 247 g/mol. The summed E-state index contributed by atoms with van der Waals surface area (Å²) in [5, 5.41) is 19.2. The van der Waals surface area contributed by atoms with Crippen LogP contribution in [0.25, 0.3) is 0 Å². The van der Waals surface area contributed by atoms with E-state index in [1.165, 1.54) is 0 Å². The van der Waals surface area contributed by atoms with Crippen molar-refractivity contribution in [1.82, 2.24) is 0 Å². The van der Waals surface area contributed by atoms with Gasteiger partial charge in [0, 0.05) is 12.5 Å². The number of nitro groups is 1. The highest BCUT2D eigenvalue weighted by atomic mass is 19.1. The number of hydrogen-bond donors (Lipinski definition) is 2. The number of nitrogens with zero attached hydrogens (tertiary/aromatic N) is 1. The maximum Gasteiger partial charge on any atom is 0.344 e. The highest BCUT2D eigenvalue weighted by Gasteiger charge is 2.21. The first kappa shape index (κ1) is 13.8. The lowest BCUT2D eigenvalue weighted by Gasteiger charge is -2.14. The molecule has 0 heterocycles. The lowest BCUT2D eigenvalue weighted by atomic mass is 10.2. The summed E-state index contributed by atoms with van der Waals surface area (Å²) in [5.74, 6) is -2.63. The van der Waals surface area contributed by atoms with Crippen molar-refractivity contribution in [2.75, 3.05) is 6.54 Å². The van der Waals surface area contributed by atoms with Crippen LogP contribution in [-0.4, -0.2) is 28.6 Å². The van der Waals surface area contributed by atoms with Gasteiger partial charge in [0.1, 0.15) is 0 Å². The zero-order valence-corrected chi connectivity index (χ0v) is 9.21. The van der Waals surface area contributed by atoms with Crippen molar-refractivity contribution in [3.05, 3.63) is 34.1 Å². The van der Waals surface area contributed by atoms with E-state index in [0.29, 0.717) is 6.07 Å². The Balaban J connectivity index is 2.90. The standard InChI is InChI=1S/C10H11FN2O5/c11-7-5-6(13(16)17)1-2-8(7)18-9(3-4-12)10(14)15/h1-2,5,9H,3-4,12H2,(H,14,15).